The van der Waals surface area contributed by atoms with Gasteiger partial charge in [-0.3, -0.25) is 9.69 Å². The van der Waals surface area contributed by atoms with E-state index in [-0.39, 0.29) is 18.6 Å². The first-order valence-corrected chi connectivity index (χ1v) is 7.27. The van der Waals surface area contributed by atoms with E-state index in [4.69, 9.17) is 15.2 Å². The van der Waals surface area contributed by atoms with Crippen LogP contribution in [0, 0.1) is 0 Å². The summed E-state index contributed by atoms with van der Waals surface area (Å²) < 4.78 is 10.3. The fourth-order valence-corrected chi connectivity index (χ4v) is 2.12. The van der Waals surface area contributed by atoms with Crippen molar-refractivity contribution in [2.75, 3.05) is 20.3 Å². The molecule has 1 rings (SSSR count). The summed E-state index contributed by atoms with van der Waals surface area (Å²) in [4.78, 5) is 13.7. The second kappa shape index (κ2) is 8.64. The Balaban J connectivity index is 2.81. The number of ether oxygens (including phenoxy) is 2. The number of carbonyl (C=O) groups excluding carboxylic acids is 1. The zero-order valence-electron chi connectivity index (χ0n) is 13.4. The third-order valence-electron chi connectivity index (χ3n) is 3.32. The van der Waals surface area contributed by atoms with Crippen molar-refractivity contribution in [1.82, 2.24) is 4.90 Å². The first kappa shape index (κ1) is 17.5. The van der Waals surface area contributed by atoms with E-state index < -0.39 is 0 Å². The predicted octanol–water partition coefficient (Wildman–Crippen LogP) is 1.93. The molecule has 0 aliphatic heterocycles. The number of nitrogens with two attached hydrogens (primary N) is 1. The second-order valence-corrected chi connectivity index (χ2v) is 5.15. The molecule has 0 aromatic heterocycles. The maximum Gasteiger partial charge on any atom is 0.320 e. The van der Waals surface area contributed by atoms with Gasteiger partial charge in [-0.15, -0.1) is 0 Å². The van der Waals surface area contributed by atoms with E-state index in [1.807, 2.05) is 25.1 Å². The molecule has 0 unspecified atom stereocenters. The molecule has 0 spiro atoms. The standard InChI is InChI=1S/C16H26N2O3/c1-5-21-16(19)11-18(12(2)3)10-13-6-7-15(20-4)14(8-13)9-17/h6-8,12H,5,9-11,17H2,1-4H3. The van der Waals surface area contributed by atoms with Crippen molar-refractivity contribution < 1.29 is 14.3 Å². The van der Waals surface area contributed by atoms with Crippen molar-refractivity contribution in [2.24, 2.45) is 5.73 Å². The minimum atomic E-state index is -0.196. The van der Waals surface area contributed by atoms with Crippen LogP contribution >= 0.6 is 0 Å². The van der Waals surface area contributed by atoms with Crippen LogP contribution in [-0.2, 0) is 22.6 Å². The molecule has 21 heavy (non-hydrogen) atoms. The summed E-state index contributed by atoms with van der Waals surface area (Å²) in [6, 6.07) is 6.19. The molecule has 0 saturated heterocycles. The molecular weight excluding hydrogens is 268 g/mol. The molecule has 5 nitrogen and oxygen atoms in total. The molecule has 118 valence electrons. The molecular formula is C16H26N2O3. The summed E-state index contributed by atoms with van der Waals surface area (Å²) in [7, 11) is 1.63. The number of hydrogen-bond acceptors (Lipinski definition) is 5. The van der Waals surface area contributed by atoms with E-state index in [1.54, 1.807) is 7.11 Å². The lowest BCUT2D eigenvalue weighted by Gasteiger charge is -2.25. The van der Waals surface area contributed by atoms with Gasteiger partial charge in [0.15, 0.2) is 0 Å². The van der Waals surface area contributed by atoms with E-state index in [0.717, 1.165) is 16.9 Å². The van der Waals surface area contributed by atoms with Crippen LogP contribution in [0.25, 0.3) is 0 Å². The third-order valence-corrected chi connectivity index (χ3v) is 3.32. The Bertz CT molecular complexity index is 461. The number of methoxy groups -OCH3 is 1. The molecule has 5 heteroatoms. The van der Waals surface area contributed by atoms with Crippen LogP contribution in [0.15, 0.2) is 18.2 Å². The molecule has 0 atom stereocenters. The monoisotopic (exact) mass is 294 g/mol. The number of benzene rings is 1. The zero-order chi connectivity index (χ0) is 15.8. The van der Waals surface area contributed by atoms with Gasteiger partial charge in [-0.05, 0) is 38.5 Å². The molecule has 0 bridgehead atoms. The Kier molecular flexibility index (Phi) is 7.19. The summed E-state index contributed by atoms with van der Waals surface area (Å²) >= 11 is 0. The van der Waals surface area contributed by atoms with E-state index in [1.165, 1.54) is 0 Å². The molecule has 1 aromatic carbocycles. The Morgan fingerprint density at radius 1 is 1.38 bits per heavy atom. The van der Waals surface area contributed by atoms with Gasteiger partial charge in [0.1, 0.15) is 5.75 Å². The van der Waals surface area contributed by atoms with Gasteiger partial charge in [-0.25, -0.2) is 0 Å². The highest BCUT2D eigenvalue weighted by Crippen LogP contribution is 2.20. The van der Waals surface area contributed by atoms with Crippen molar-refractivity contribution in [3.8, 4) is 5.75 Å². The van der Waals surface area contributed by atoms with Gasteiger partial charge in [-0.1, -0.05) is 6.07 Å². The van der Waals surface area contributed by atoms with Gasteiger partial charge in [0.2, 0.25) is 0 Å². The number of rotatable bonds is 8. The lowest BCUT2D eigenvalue weighted by atomic mass is 10.1. The van der Waals surface area contributed by atoms with Gasteiger partial charge >= 0.3 is 5.97 Å². The average Bonchev–Trinajstić information content (AvgIpc) is 2.46. The maximum absolute atomic E-state index is 11.7. The highest BCUT2D eigenvalue weighted by Gasteiger charge is 2.16. The van der Waals surface area contributed by atoms with Crippen LogP contribution in [0.3, 0.4) is 0 Å². The van der Waals surface area contributed by atoms with Crippen molar-refractivity contribution >= 4 is 5.97 Å². The Morgan fingerprint density at radius 2 is 2.10 bits per heavy atom. The largest absolute Gasteiger partial charge is 0.496 e. The van der Waals surface area contributed by atoms with Crippen molar-refractivity contribution in [3.63, 3.8) is 0 Å². The fraction of sp³-hybridized carbons (Fsp3) is 0.562. The number of hydrogen-bond donors (Lipinski definition) is 1. The van der Waals surface area contributed by atoms with Crippen molar-refractivity contribution in [1.29, 1.82) is 0 Å². The lowest BCUT2D eigenvalue weighted by molar-refractivity contribution is -0.145. The molecule has 2 N–H and O–H groups in total. The van der Waals surface area contributed by atoms with Gasteiger partial charge < -0.3 is 15.2 Å². The van der Waals surface area contributed by atoms with Crippen LogP contribution in [0.1, 0.15) is 31.9 Å². The number of esters is 1. The summed E-state index contributed by atoms with van der Waals surface area (Å²) in [5, 5.41) is 0. The second-order valence-electron chi connectivity index (χ2n) is 5.15. The Hall–Kier alpha value is -1.59. The van der Waals surface area contributed by atoms with E-state index >= 15 is 0 Å². The maximum atomic E-state index is 11.7. The van der Waals surface area contributed by atoms with Gasteiger partial charge in [0.05, 0.1) is 20.3 Å². The molecule has 0 fully saturated rings. The summed E-state index contributed by atoms with van der Waals surface area (Å²) in [6.07, 6.45) is 0. The Labute approximate surface area is 127 Å². The topological polar surface area (TPSA) is 64.8 Å². The fourth-order valence-electron chi connectivity index (χ4n) is 2.12. The summed E-state index contributed by atoms with van der Waals surface area (Å²) in [6.45, 7) is 7.73. The normalized spacial score (nSPS) is 11.0. The van der Waals surface area contributed by atoms with Crippen molar-refractivity contribution in [2.45, 2.75) is 39.9 Å². The van der Waals surface area contributed by atoms with Crippen molar-refractivity contribution in [3.05, 3.63) is 29.3 Å². The first-order valence-electron chi connectivity index (χ1n) is 7.27. The summed E-state index contributed by atoms with van der Waals surface area (Å²) in [5.41, 5.74) is 7.81. The van der Waals surface area contributed by atoms with E-state index in [2.05, 4.69) is 18.7 Å². The molecule has 0 aliphatic carbocycles. The van der Waals surface area contributed by atoms with Gasteiger partial charge in [0, 0.05) is 24.7 Å². The van der Waals surface area contributed by atoms with Gasteiger partial charge in [0.25, 0.3) is 0 Å². The molecule has 0 aliphatic rings. The molecule has 0 saturated carbocycles. The van der Waals surface area contributed by atoms with Gasteiger partial charge in [-0.2, -0.15) is 0 Å². The molecule has 0 amide bonds. The van der Waals surface area contributed by atoms with E-state index in [0.29, 0.717) is 19.7 Å². The number of carbonyl (C=O) groups is 1. The predicted molar refractivity (Wildman–Crippen MR) is 83.1 cm³/mol. The van der Waals surface area contributed by atoms with E-state index in [9.17, 15) is 4.79 Å². The minimum absolute atomic E-state index is 0.196. The smallest absolute Gasteiger partial charge is 0.320 e. The van der Waals surface area contributed by atoms with Crippen LogP contribution in [0.4, 0.5) is 0 Å². The average molecular weight is 294 g/mol. The molecule has 0 radical (unpaired) electrons. The summed E-state index contributed by atoms with van der Waals surface area (Å²) in [5.74, 6) is 0.599. The van der Waals surface area contributed by atoms with Crippen LogP contribution in [0.2, 0.25) is 0 Å². The zero-order valence-corrected chi connectivity index (χ0v) is 13.4. The Morgan fingerprint density at radius 3 is 2.62 bits per heavy atom. The van der Waals surface area contributed by atoms with Crippen LogP contribution in [0.5, 0.6) is 5.75 Å². The first-order chi connectivity index (χ1) is 10.0. The highest BCUT2D eigenvalue weighted by atomic mass is 16.5. The van der Waals surface area contributed by atoms with Crippen LogP contribution < -0.4 is 10.5 Å². The lowest BCUT2D eigenvalue weighted by Crippen LogP contribution is -2.36. The quantitative estimate of drug-likeness (QED) is 0.742. The SMILES string of the molecule is CCOC(=O)CN(Cc1ccc(OC)c(CN)c1)C(C)C. The third kappa shape index (κ3) is 5.36. The van der Waals surface area contributed by atoms with Crippen LogP contribution in [-0.4, -0.2) is 37.2 Å². The molecule has 1 aromatic rings. The number of nitrogens with zero attached hydrogens (tertiary/aromatic N) is 1. The molecule has 0 heterocycles. The minimum Gasteiger partial charge on any atom is -0.496 e. The highest BCUT2D eigenvalue weighted by molar-refractivity contribution is 5.71.